The first kappa shape index (κ1) is 15.6. The molecule has 0 radical (unpaired) electrons. The normalized spacial score (nSPS) is 20.5. The Kier molecular flexibility index (Phi) is 4.15. The number of aliphatic hydroxyl groups is 1. The van der Waals surface area contributed by atoms with Crippen molar-refractivity contribution >= 4 is 23.2 Å². The van der Waals surface area contributed by atoms with E-state index in [1.807, 2.05) is 6.92 Å². The molecule has 1 aromatic carbocycles. The van der Waals surface area contributed by atoms with E-state index >= 15 is 0 Å². The number of halogens is 1. The van der Waals surface area contributed by atoms with Gasteiger partial charge in [0.2, 0.25) is 0 Å². The summed E-state index contributed by atoms with van der Waals surface area (Å²) in [4.78, 5) is 16.7. The van der Waals surface area contributed by atoms with E-state index in [0.717, 1.165) is 10.7 Å². The lowest BCUT2D eigenvalue weighted by Crippen LogP contribution is -2.43. The molecule has 0 saturated carbocycles. The number of rotatable bonds is 3. The van der Waals surface area contributed by atoms with Gasteiger partial charge in [0.25, 0.3) is 5.91 Å². The van der Waals surface area contributed by atoms with Gasteiger partial charge in [-0.15, -0.1) is 0 Å². The zero-order valence-corrected chi connectivity index (χ0v) is 13.4. The summed E-state index contributed by atoms with van der Waals surface area (Å²) in [5.41, 5.74) is 0.269. The quantitative estimate of drug-likeness (QED) is 0.940. The van der Waals surface area contributed by atoms with Crippen molar-refractivity contribution in [3.8, 4) is 0 Å². The first-order valence-electron chi connectivity index (χ1n) is 7.34. The molecule has 3 rings (SSSR count). The smallest absolute Gasteiger partial charge is 0.277 e. The van der Waals surface area contributed by atoms with E-state index in [1.165, 1.54) is 12.4 Å². The molecular weight excluding hydrogens is 314 g/mol. The molecule has 1 aliphatic rings. The lowest BCUT2D eigenvalue weighted by molar-refractivity contribution is -0.0765. The maximum atomic E-state index is 12.8. The Bertz CT molecular complexity index is 746. The molecule has 6 heteroatoms. The van der Waals surface area contributed by atoms with E-state index in [2.05, 4.69) is 10.1 Å². The number of carbonyl (C=O) groups excluding carboxylic acids is 1. The van der Waals surface area contributed by atoms with E-state index in [0.29, 0.717) is 22.6 Å². The van der Waals surface area contributed by atoms with E-state index < -0.39 is 5.72 Å². The number of aromatic nitrogens is 1. The maximum Gasteiger partial charge on any atom is 0.277 e. The van der Waals surface area contributed by atoms with Gasteiger partial charge in [-0.05, 0) is 30.7 Å². The second-order valence-electron chi connectivity index (χ2n) is 5.37. The van der Waals surface area contributed by atoms with Gasteiger partial charge in [0, 0.05) is 40.7 Å². The van der Waals surface area contributed by atoms with Crippen LogP contribution in [0.3, 0.4) is 0 Å². The summed E-state index contributed by atoms with van der Waals surface area (Å²) in [6, 6.07) is 10.0. The summed E-state index contributed by atoms with van der Waals surface area (Å²) in [6.45, 7) is 1.95. The third-order valence-electron chi connectivity index (χ3n) is 3.88. The van der Waals surface area contributed by atoms with E-state index in [1.54, 1.807) is 36.4 Å². The summed E-state index contributed by atoms with van der Waals surface area (Å²) >= 11 is 5.92. The highest BCUT2D eigenvalue weighted by Gasteiger charge is 2.45. The molecule has 0 spiro atoms. The predicted octanol–water partition coefficient (Wildman–Crippen LogP) is 3.19. The Morgan fingerprint density at radius 2 is 1.91 bits per heavy atom. The molecule has 0 saturated heterocycles. The van der Waals surface area contributed by atoms with Crippen molar-refractivity contribution in [2.75, 3.05) is 0 Å². The molecular formula is C17H16ClN3O2. The lowest BCUT2D eigenvalue weighted by Gasteiger charge is -2.31. The first-order chi connectivity index (χ1) is 11.0. The molecule has 1 amide bonds. The van der Waals surface area contributed by atoms with Gasteiger partial charge < -0.3 is 5.11 Å². The third-order valence-corrected chi connectivity index (χ3v) is 4.13. The van der Waals surface area contributed by atoms with Crippen LogP contribution < -0.4 is 0 Å². The van der Waals surface area contributed by atoms with E-state index in [9.17, 15) is 9.90 Å². The summed E-state index contributed by atoms with van der Waals surface area (Å²) in [6.07, 6.45) is 4.02. The van der Waals surface area contributed by atoms with Crippen molar-refractivity contribution in [3.05, 3.63) is 64.9 Å². The molecule has 5 nitrogen and oxygen atoms in total. The van der Waals surface area contributed by atoms with Crippen LogP contribution in [-0.2, 0) is 5.72 Å². The summed E-state index contributed by atoms with van der Waals surface area (Å²) in [7, 11) is 0. The lowest BCUT2D eigenvalue weighted by atomic mass is 9.96. The van der Waals surface area contributed by atoms with Crippen molar-refractivity contribution in [3.63, 3.8) is 0 Å². The molecule has 0 fully saturated rings. The van der Waals surface area contributed by atoms with E-state index in [-0.39, 0.29) is 12.3 Å². The van der Waals surface area contributed by atoms with Gasteiger partial charge in [-0.3, -0.25) is 9.78 Å². The van der Waals surface area contributed by atoms with Crippen LogP contribution >= 0.6 is 11.6 Å². The fourth-order valence-electron chi connectivity index (χ4n) is 2.59. The Hall–Kier alpha value is -2.24. The molecule has 1 N–H and O–H groups in total. The molecule has 1 aromatic heterocycles. The molecule has 2 aromatic rings. The summed E-state index contributed by atoms with van der Waals surface area (Å²) in [5.74, 6) is -0.367. The standard InChI is InChI=1S/C17H16ClN3O2/c1-2-15-11-17(23,13-3-5-14(18)6-4-13)21(20-15)16(22)12-7-9-19-10-8-12/h3-10,23H,2,11H2,1H3. The van der Waals surface area contributed by atoms with Crippen LogP contribution in [0, 0.1) is 0 Å². The number of benzene rings is 1. The van der Waals surface area contributed by atoms with Crippen LogP contribution in [0.15, 0.2) is 53.9 Å². The maximum absolute atomic E-state index is 12.8. The number of nitrogens with zero attached hydrogens (tertiary/aromatic N) is 3. The zero-order chi connectivity index (χ0) is 16.4. The highest BCUT2D eigenvalue weighted by atomic mass is 35.5. The van der Waals surface area contributed by atoms with Gasteiger partial charge in [-0.1, -0.05) is 30.7 Å². The monoisotopic (exact) mass is 329 g/mol. The highest BCUT2D eigenvalue weighted by Crippen LogP contribution is 2.37. The van der Waals surface area contributed by atoms with E-state index in [4.69, 9.17) is 11.6 Å². The van der Waals surface area contributed by atoms with Gasteiger partial charge >= 0.3 is 0 Å². The Labute approximate surface area is 139 Å². The number of hydrazone groups is 1. The fraction of sp³-hybridized carbons (Fsp3) is 0.235. The number of hydrogen-bond acceptors (Lipinski definition) is 4. The SMILES string of the molecule is CCC1=NN(C(=O)c2ccncc2)C(O)(c2ccc(Cl)cc2)C1. The van der Waals surface area contributed by atoms with Crippen LogP contribution in [0.2, 0.25) is 5.02 Å². The van der Waals surface area contributed by atoms with Crippen molar-refractivity contribution in [2.24, 2.45) is 5.10 Å². The van der Waals surface area contributed by atoms with Gasteiger partial charge in [-0.2, -0.15) is 10.1 Å². The average Bonchev–Trinajstić information content (AvgIpc) is 2.93. The summed E-state index contributed by atoms with van der Waals surface area (Å²) in [5, 5.41) is 17.2. The van der Waals surface area contributed by atoms with Gasteiger partial charge in [0.05, 0.1) is 0 Å². The molecule has 1 atom stereocenters. The minimum Gasteiger partial charge on any atom is -0.365 e. The minimum atomic E-state index is -1.50. The number of amides is 1. The second-order valence-corrected chi connectivity index (χ2v) is 5.81. The van der Waals surface area contributed by atoms with Crippen molar-refractivity contribution in [2.45, 2.75) is 25.5 Å². The van der Waals surface area contributed by atoms with Crippen LogP contribution in [0.25, 0.3) is 0 Å². The predicted molar refractivity (Wildman–Crippen MR) is 88.1 cm³/mol. The van der Waals surface area contributed by atoms with Crippen LogP contribution in [0.1, 0.15) is 35.7 Å². The largest absolute Gasteiger partial charge is 0.365 e. The molecule has 23 heavy (non-hydrogen) atoms. The third kappa shape index (κ3) is 2.85. The molecule has 0 bridgehead atoms. The Balaban J connectivity index is 2.02. The molecule has 1 unspecified atom stereocenters. The molecule has 118 valence electrons. The Morgan fingerprint density at radius 3 is 2.52 bits per heavy atom. The first-order valence-corrected chi connectivity index (χ1v) is 7.72. The van der Waals surface area contributed by atoms with Crippen LogP contribution in [0.5, 0.6) is 0 Å². The summed E-state index contributed by atoms with van der Waals surface area (Å²) < 4.78 is 0. The molecule has 1 aliphatic heterocycles. The number of hydrogen-bond donors (Lipinski definition) is 1. The average molecular weight is 330 g/mol. The second kappa shape index (κ2) is 6.10. The molecule has 2 heterocycles. The number of carbonyl (C=O) groups is 1. The van der Waals surface area contributed by atoms with Crippen molar-refractivity contribution in [1.29, 1.82) is 0 Å². The fourth-order valence-corrected chi connectivity index (χ4v) is 2.71. The van der Waals surface area contributed by atoms with Gasteiger partial charge in [0.1, 0.15) is 0 Å². The van der Waals surface area contributed by atoms with Crippen LogP contribution in [0.4, 0.5) is 0 Å². The van der Waals surface area contributed by atoms with Crippen LogP contribution in [-0.4, -0.2) is 26.7 Å². The van der Waals surface area contributed by atoms with Crippen molar-refractivity contribution < 1.29 is 9.90 Å². The number of pyridine rings is 1. The molecule has 0 aliphatic carbocycles. The highest BCUT2D eigenvalue weighted by molar-refractivity contribution is 6.30. The minimum absolute atomic E-state index is 0.280. The van der Waals surface area contributed by atoms with Gasteiger partial charge in [0.15, 0.2) is 5.72 Å². The zero-order valence-electron chi connectivity index (χ0n) is 12.6. The topological polar surface area (TPSA) is 65.8 Å². The van der Waals surface area contributed by atoms with Gasteiger partial charge in [-0.25, -0.2) is 0 Å². The Morgan fingerprint density at radius 1 is 1.26 bits per heavy atom. The van der Waals surface area contributed by atoms with Crippen molar-refractivity contribution in [1.82, 2.24) is 9.99 Å².